The van der Waals surface area contributed by atoms with Crippen LogP contribution in [0.25, 0.3) is 0 Å². The van der Waals surface area contributed by atoms with Crippen LogP contribution < -0.4 is 10.6 Å². The molecule has 0 saturated carbocycles. The second-order valence-corrected chi connectivity index (χ2v) is 6.91. The molecule has 0 radical (unpaired) electrons. The largest absolute Gasteiger partial charge is 0.387 e. The summed E-state index contributed by atoms with van der Waals surface area (Å²) in [4.78, 5) is 16.6. The average molecular weight is 353 g/mol. The van der Waals surface area contributed by atoms with Gasteiger partial charge in [-0.1, -0.05) is 30.3 Å². The van der Waals surface area contributed by atoms with Gasteiger partial charge in [-0.15, -0.1) is 0 Å². The zero-order chi connectivity index (χ0) is 18.2. The van der Waals surface area contributed by atoms with E-state index in [-0.39, 0.29) is 11.5 Å². The van der Waals surface area contributed by atoms with Crippen LogP contribution in [0.4, 0.5) is 0 Å². The van der Waals surface area contributed by atoms with Crippen LogP contribution in [0.3, 0.4) is 0 Å². The van der Waals surface area contributed by atoms with E-state index in [0.717, 1.165) is 45.6 Å². The highest BCUT2D eigenvalue weighted by molar-refractivity contribution is 5.97. The number of amides is 1. The molecule has 0 aromatic heterocycles. The van der Waals surface area contributed by atoms with Crippen molar-refractivity contribution in [1.29, 1.82) is 5.26 Å². The fraction of sp³-hybridized carbons (Fsp3) is 0.500. The molecular formula is C20H27N5O. The summed E-state index contributed by atoms with van der Waals surface area (Å²) in [6.45, 7) is 5.93. The Morgan fingerprint density at radius 1 is 1.19 bits per heavy atom. The SMILES string of the molecule is N#C/C(=C/NC1CCN(Cc2ccccc2)CC1)C(=O)N1CCNCC1. The predicted molar refractivity (Wildman–Crippen MR) is 101 cm³/mol. The number of piperidine rings is 1. The maximum absolute atomic E-state index is 12.4. The lowest BCUT2D eigenvalue weighted by atomic mass is 10.0. The number of hydrogen-bond acceptors (Lipinski definition) is 5. The first kappa shape index (κ1) is 18.4. The van der Waals surface area contributed by atoms with E-state index in [0.29, 0.717) is 19.1 Å². The van der Waals surface area contributed by atoms with Crippen molar-refractivity contribution in [3.63, 3.8) is 0 Å². The van der Waals surface area contributed by atoms with Gasteiger partial charge in [-0.3, -0.25) is 9.69 Å². The van der Waals surface area contributed by atoms with E-state index in [1.807, 2.05) is 6.07 Å². The molecule has 6 nitrogen and oxygen atoms in total. The second kappa shape index (κ2) is 9.37. The van der Waals surface area contributed by atoms with Crippen LogP contribution in [-0.2, 0) is 11.3 Å². The Hall–Kier alpha value is -2.36. The number of carbonyl (C=O) groups is 1. The predicted octanol–water partition coefficient (Wildman–Crippen LogP) is 1.08. The van der Waals surface area contributed by atoms with Gasteiger partial charge in [0.15, 0.2) is 0 Å². The van der Waals surface area contributed by atoms with Gasteiger partial charge in [0, 0.05) is 58.1 Å². The van der Waals surface area contributed by atoms with Crippen molar-refractivity contribution in [2.75, 3.05) is 39.3 Å². The number of carbonyl (C=O) groups excluding carboxylic acids is 1. The summed E-state index contributed by atoms with van der Waals surface area (Å²) in [5, 5.41) is 15.9. The lowest BCUT2D eigenvalue weighted by Gasteiger charge is -2.32. The minimum Gasteiger partial charge on any atom is -0.387 e. The van der Waals surface area contributed by atoms with Crippen LogP contribution in [0.5, 0.6) is 0 Å². The minimum absolute atomic E-state index is 0.164. The lowest BCUT2D eigenvalue weighted by Crippen LogP contribution is -2.47. The summed E-state index contributed by atoms with van der Waals surface area (Å²) in [5.41, 5.74) is 1.55. The van der Waals surface area contributed by atoms with Crippen molar-refractivity contribution < 1.29 is 4.79 Å². The van der Waals surface area contributed by atoms with Crippen molar-refractivity contribution >= 4 is 5.91 Å². The topological polar surface area (TPSA) is 71.4 Å². The Balaban J connectivity index is 1.46. The third-order valence-corrected chi connectivity index (χ3v) is 5.06. The van der Waals surface area contributed by atoms with Crippen molar-refractivity contribution in [2.45, 2.75) is 25.4 Å². The average Bonchev–Trinajstić information content (AvgIpc) is 2.71. The van der Waals surface area contributed by atoms with E-state index in [1.165, 1.54) is 5.56 Å². The molecule has 26 heavy (non-hydrogen) atoms. The van der Waals surface area contributed by atoms with Gasteiger partial charge in [-0.25, -0.2) is 0 Å². The number of likely N-dealkylation sites (tertiary alicyclic amines) is 1. The standard InChI is InChI=1S/C20H27N5O/c21-14-18(20(26)25-12-8-22-9-13-25)15-23-19-6-10-24(11-7-19)16-17-4-2-1-3-5-17/h1-5,15,19,22-23H,6-13,16H2/b18-15-. The molecule has 2 aliphatic rings. The molecule has 2 saturated heterocycles. The first-order valence-electron chi connectivity index (χ1n) is 9.39. The Bertz CT molecular complexity index is 653. The molecule has 0 aliphatic carbocycles. The molecule has 0 bridgehead atoms. The summed E-state index contributed by atoms with van der Waals surface area (Å²) in [6, 6.07) is 12.9. The van der Waals surface area contributed by atoms with Crippen LogP contribution in [0, 0.1) is 11.3 Å². The number of hydrogen-bond donors (Lipinski definition) is 2. The van der Waals surface area contributed by atoms with Crippen LogP contribution in [0.1, 0.15) is 18.4 Å². The fourth-order valence-corrected chi connectivity index (χ4v) is 3.48. The molecule has 138 valence electrons. The maximum Gasteiger partial charge on any atom is 0.266 e. The maximum atomic E-state index is 12.4. The number of nitriles is 1. The van der Waals surface area contributed by atoms with Crippen LogP contribution in [0.2, 0.25) is 0 Å². The first-order valence-corrected chi connectivity index (χ1v) is 9.39. The van der Waals surface area contributed by atoms with Gasteiger partial charge in [-0.05, 0) is 18.4 Å². The van der Waals surface area contributed by atoms with Gasteiger partial charge in [0.1, 0.15) is 11.6 Å². The van der Waals surface area contributed by atoms with E-state index in [4.69, 9.17) is 0 Å². The summed E-state index contributed by atoms with van der Waals surface area (Å²) in [7, 11) is 0. The zero-order valence-corrected chi connectivity index (χ0v) is 15.2. The Kier molecular flexibility index (Phi) is 6.64. The van der Waals surface area contributed by atoms with Gasteiger partial charge in [0.25, 0.3) is 5.91 Å². The van der Waals surface area contributed by atoms with Crippen molar-refractivity contribution in [1.82, 2.24) is 20.4 Å². The second-order valence-electron chi connectivity index (χ2n) is 6.91. The number of nitrogens with one attached hydrogen (secondary N) is 2. The van der Waals surface area contributed by atoms with Gasteiger partial charge in [0.05, 0.1) is 0 Å². The molecule has 2 heterocycles. The molecule has 2 N–H and O–H groups in total. The molecule has 2 fully saturated rings. The van der Waals surface area contributed by atoms with Gasteiger partial charge < -0.3 is 15.5 Å². The summed E-state index contributed by atoms with van der Waals surface area (Å²) < 4.78 is 0. The van der Waals surface area contributed by atoms with Crippen LogP contribution in [0.15, 0.2) is 42.1 Å². The van der Waals surface area contributed by atoms with E-state index >= 15 is 0 Å². The molecule has 1 amide bonds. The molecule has 0 atom stereocenters. The highest BCUT2D eigenvalue weighted by Gasteiger charge is 2.22. The molecule has 3 rings (SSSR count). The van der Waals surface area contributed by atoms with Crippen LogP contribution in [-0.4, -0.2) is 61.0 Å². The van der Waals surface area contributed by atoms with Crippen molar-refractivity contribution in [3.05, 3.63) is 47.7 Å². The number of piperazine rings is 1. The van der Waals surface area contributed by atoms with Crippen LogP contribution >= 0.6 is 0 Å². The van der Waals surface area contributed by atoms with Crippen molar-refractivity contribution in [3.8, 4) is 6.07 Å². The third-order valence-electron chi connectivity index (χ3n) is 5.06. The molecule has 1 aromatic rings. The lowest BCUT2D eigenvalue weighted by molar-refractivity contribution is -0.127. The molecule has 0 spiro atoms. The minimum atomic E-state index is -0.164. The zero-order valence-electron chi connectivity index (χ0n) is 15.2. The summed E-state index contributed by atoms with van der Waals surface area (Å²) in [6.07, 6.45) is 3.66. The summed E-state index contributed by atoms with van der Waals surface area (Å²) >= 11 is 0. The molecule has 2 aliphatic heterocycles. The highest BCUT2D eigenvalue weighted by Crippen LogP contribution is 2.14. The quantitative estimate of drug-likeness (QED) is 0.612. The molecule has 1 aromatic carbocycles. The number of benzene rings is 1. The highest BCUT2D eigenvalue weighted by atomic mass is 16.2. The van der Waals surface area contributed by atoms with E-state index in [1.54, 1.807) is 11.1 Å². The van der Waals surface area contributed by atoms with Gasteiger partial charge >= 0.3 is 0 Å². The monoisotopic (exact) mass is 353 g/mol. The smallest absolute Gasteiger partial charge is 0.266 e. The molecule has 0 unspecified atom stereocenters. The first-order chi connectivity index (χ1) is 12.8. The van der Waals surface area contributed by atoms with Crippen molar-refractivity contribution in [2.24, 2.45) is 0 Å². The Morgan fingerprint density at radius 3 is 2.54 bits per heavy atom. The van der Waals surface area contributed by atoms with Gasteiger partial charge in [0.2, 0.25) is 0 Å². The number of nitrogens with zero attached hydrogens (tertiary/aromatic N) is 3. The van der Waals surface area contributed by atoms with E-state index in [9.17, 15) is 10.1 Å². The fourth-order valence-electron chi connectivity index (χ4n) is 3.48. The van der Waals surface area contributed by atoms with Gasteiger partial charge in [-0.2, -0.15) is 5.26 Å². The van der Waals surface area contributed by atoms with E-state index < -0.39 is 0 Å². The molecule has 6 heteroatoms. The van der Waals surface area contributed by atoms with E-state index in [2.05, 4.69) is 45.9 Å². The normalized spacial score (nSPS) is 19.8. The summed E-state index contributed by atoms with van der Waals surface area (Å²) in [5.74, 6) is -0.164. The molecular weight excluding hydrogens is 326 g/mol. The Morgan fingerprint density at radius 2 is 1.88 bits per heavy atom. The Labute approximate surface area is 155 Å². The number of rotatable bonds is 5. The third kappa shape index (κ3) is 5.07.